The predicted molar refractivity (Wildman–Crippen MR) is 78.3 cm³/mol. The second kappa shape index (κ2) is 6.85. The van der Waals surface area contributed by atoms with E-state index in [1.54, 1.807) is 23.3 Å². The van der Waals surface area contributed by atoms with Gasteiger partial charge in [-0.3, -0.25) is 0 Å². The minimum Gasteiger partial charge on any atom is -0.479 e. The maximum absolute atomic E-state index is 12.0. The first-order valence-electron chi connectivity index (χ1n) is 6.09. The van der Waals surface area contributed by atoms with Gasteiger partial charge in [-0.1, -0.05) is 6.07 Å². The van der Waals surface area contributed by atoms with E-state index in [-0.39, 0.29) is 6.03 Å². The van der Waals surface area contributed by atoms with Gasteiger partial charge in [-0.2, -0.15) is 4.98 Å². The van der Waals surface area contributed by atoms with Crippen LogP contribution >= 0.6 is 11.3 Å². The summed E-state index contributed by atoms with van der Waals surface area (Å²) >= 11 is 1.69. The van der Waals surface area contributed by atoms with Crippen molar-refractivity contribution in [2.45, 2.75) is 6.42 Å². The fraction of sp³-hybridized carbons (Fsp3) is 0.308. The monoisotopic (exact) mass is 292 g/mol. The zero-order chi connectivity index (χ0) is 14.4. The summed E-state index contributed by atoms with van der Waals surface area (Å²) < 4.78 is 5.06. The SMILES string of the molecule is COc1ncncc1NC(=O)N(C)CCc1cccs1. The molecule has 0 saturated heterocycles. The lowest BCUT2D eigenvalue weighted by Crippen LogP contribution is -2.33. The molecule has 2 aromatic rings. The Kier molecular flexibility index (Phi) is 4.89. The number of hydrogen-bond donors (Lipinski definition) is 1. The van der Waals surface area contributed by atoms with Crippen LogP contribution in [0, 0.1) is 0 Å². The average molecular weight is 292 g/mol. The van der Waals surface area contributed by atoms with E-state index in [4.69, 9.17) is 4.74 Å². The lowest BCUT2D eigenvalue weighted by molar-refractivity contribution is 0.223. The van der Waals surface area contributed by atoms with Crippen LogP contribution in [0.15, 0.2) is 30.0 Å². The molecule has 2 rings (SSSR count). The molecule has 106 valence electrons. The Bertz CT molecular complexity index is 559. The second-order valence-corrected chi connectivity index (χ2v) is 5.16. The fourth-order valence-electron chi connectivity index (χ4n) is 1.61. The molecule has 0 spiro atoms. The van der Waals surface area contributed by atoms with Crippen molar-refractivity contribution in [1.29, 1.82) is 0 Å². The van der Waals surface area contributed by atoms with Crippen molar-refractivity contribution in [2.75, 3.05) is 26.0 Å². The third-order valence-electron chi connectivity index (χ3n) is 2.73. The summed E-state index contributed by atoms with van der Waals surface area (Å²) in [5.74, 6) is 0.347. The number of ether oxygens (including phenoxy) is 1. The molecule has 6 nitrogen and oxygen atoms in total. The molecule has 7 heteroatoms. The molecule has 0 aliphatic rings. The molecule has 0 aliphatic heterocycles. The summed E-state index contributed by atoms with van der Waals surface area (Å²) in [5.41, 5.74) is 0.461. The molecule has 0 saturated carbocycles. The summed E-state index contributed by atoms with van der Waals surface area (Å²) in [5, 5.41) is 4.76. The van der Waals surface area contributed by atoms with E-state index < -0.39 is 0 Å². The van der Waals surface area contributed by atoms with Crippen LogP contribution < -0.4 is 10.1 Å². The summed E-state index contributed by atoms with van der Waals surface area (Å²) in [6.07, 6.45) is 3.72. The van der Waals surface area contributed by atoms with E-state index in [1.165, 1.54) is 24.5 Å². The third-order valence-corrected chi connectivity index (χ3v) is 3.67. The summed E-state index contributed by atoms with van der Waals surface area (Å²) in [7, 11) is 3.25. The molecular weight excluding hydrogens is 276 g/mol. The van der Waals surface area contributed by atoms with Crippen molar-refractivity contribution >= 4 is 23.1 Å². The summed E-state index contributed by atoms with van der Waals surface area (Å²) in [6.45, 7) is 0.641. The van der Waals surface area contributed by atoms with Crippen LogP contribution in [-0.2, 0) is 6.42 Å². The highest BCUT2D eigenvalue weighted by molar-refractivity contribution is 7.09. The Balaban J connectivity index is 1.90. The number of carbonyl (C=O) groups excluding carboxylic acids is 1. The molecule has 0 radical (unpaired) electrons. The molecule has 0 atom stereocenters. The molecule has 0 aliphatic carbocycles. The number of thiophene rings is 1. The predicted octanol–water partition coefficient (Wildman–Crippen LogP) is 2.25. The van der Waals surface area contributed by atoms with Gasteiger partial charge in [-0.15, -0.1) is 11.3 Å². The molecule has 20 heavy (non-hydrogen) atoms. The average Bonchev–Trinajstić information content (AvgIpc) is 2.98. The van der Waals surface area contributed by atoms with Crippen molar-refractivity contribution in [2.24, 2.45) is 0 Å². The van der Waals surface area contributed by atoms with Crippen LogP contribution in [0.3, 0.4) is 0 Å². The number of methoxy groups -OCH3 is 1. The Morgan fingerprint density at radius 3 is 3.10 bits per heavy atom. The second-order valence-electron chi connectivity index (χ2n) is 4.13. The van der Waals surface area contributed by atoms with Gasteiger partial charge >= 0.3 is 6.03 Å². The van der Waals surface area contributed by atoms with E-state index in [9.17, 15) is 4.79 Å². The number of carbonyl (C=O) groups is 1. The zero-order valence-corrected chi connectivity index (χ0v) is 12.2. The minimum absolute atomic E-state index is 0.213. The van der Waals surface area contributed by atoms with Crippen molar-refractivity contribution in [3.63, 3.8) is 0 Å². The minimum atomic E-state index is -0.213. The van der Waals surface area contributed by atoms with Crippen LogP contribution in [0.4, 0.5) is 10.5 Å². The Morgan fingerprint density at radius 1 is 1.55 bits per heavy atom. The number of rotatable bonds is 5. The Morgan fingerprint density at radius 2 is 2.40 bits per heavy atom. The number of urea groups is 1. The molecule has 0 bridgehead atoms. The number of hydrogen-bond acceptors (Lipinski definition) is 5. The van der Waals surface area contributed by atoms with Gasteiger partial charge in [-0.25, -0.2) is 9.78 Å². The van der Waals surface area contributed by atoms with E-state index >= 15 is 0 Å². The van der Waals surface area contributed by atoms with Crippen molar-refractivity contribution in [3.05, 3.63) is 34.9 Å². The maximum atomic E-state index is 12.0. The standard InChI is InChI=1S/C13H16N4O2S/c1-17(6-5-10-4-3-7-20-10)13(18)16-11-8-14-9-15-12(11)19-2/h3-4,7-9H,5-6H2,1-2H3,(H,16,18). The molecule has 2 aromatic heterocycles. The number of amides is 2. The number of nitrogens with one attached hydrogen (secondary N) is 1. The first-order valence-corrected chi connectivity index (χ1v) is 6.97. The summed E-state index contributed by atoms with van der Waals surface area (Å²) in [6, 6.07) is 3.85. The van der Waals surface area contributed by atoms with E-state index in [1.807, 2.05) is 11.4 Å². The van der Waals surface area contributed by atoms with Crippen molar-refractivity contribution in [1.82, 2.24) is 14.9 Å². The first kappa shape index (κ1) is 14.3. The highest BCUT2D eigenvalue weighted by Crippen LogP contribution is 2.18. The van der Waals surface area contributed by atoms with E-state index in [0.717, 1.165) is 6.42 Å². The van der Waals surface area contributed by atoms with Crippen LogP contribution in [-0.4, -0.2) is 41.6 Å². The van der Waals surface area contributed by atoms with Gasteiger partial charge in [0.05, 0.1) is 13.3 Å². The maximum Gasteiger partial charge on any atom is 0.321 e. The zero-order valence-electron chi connectivity index (χ0n) is 11.4. The molecule has 2 amide bonds. The molecular formula is C13H16N4O2S. The Labute approximate surface area is 121 Å². The van der Waals surface area contributed by atoms with Gasteiger partial charge in [0.25, 0.3) is 0 Å². The molecule has 0 fully saturated rings. The van der Waals surface area contributed by atoms with Crippen LogP contribution in [0.5, 0.6) is 5.88 Å². The van der Waals surface area contributed by atoms with Gasteiger partial charge in [0.1, 0.15) is 12.0 Å². The fourth-order valence-corrected chi connectivity index (χ4v) is 2.31. The largest absolute Gasteiger partial charge is 0.479 e. The van der Waals surface area contributed by atoms with Gasteiger partial charge < -0.3 is 15.0 Å². The number of likely N-dealkylation sites (N-methyl/N-ethyl adjacent to an activating group) is 1. The molecule has 1 N–H and O–H groups in total. The molecule has 0 aromatic carbocycles. The lowest BCUT2D eigenvalue weighted by atomic mass is 10.3. The topological polar surface area (TPSA) is 67.4 Å². The smallest absolute Gasteiger partial charge is 0.321 e. The quantitative estimate of drug-likeness (QED) is 0.918. The van der Waals surface area contributed by atoms with Crippen LogP contribution in [0.2, 0.25) is 0 Å². The van der Waals surface area contributed by atoms with Crippen LogP contribution in [0.1, 0.15) is 4.88 Å². The van der Waals surface area contributed by atoms with Crippen molar-refractivity contribution in [3.8, 4) is 5.88 Å². The number of anilines is 1. The van der Waals surface area contributed by atoms with Gasteiger partial charge in [0, 0.05) is 18.5 Å². The first-order chi connectivity index (χ1) is 9.70. The lowest BCUT2D eigenvalue weighted by Gasteiger charge is -2.18. The van der Waals surface area contributed by atoms with E-state index in [2.05, 4.69) is 21.4 Å². The van der Waals surface area contributed by atoms with Gasteiger partial charge in [-0.05, 0) is 17.9 Å². The summed E-state index contributed by atoms with van der Waals surface area (Å²) in [4.78, 5) is 22.7. The number of aromatic nitrogens is 2. The van der Waals surface area contributed by atoms with E-state index in [0.29, 0.717) is 18.1 Å². The van der Waals surface area contributed by atoms with Gasteiger partial charge in [0.15, 0.2) is 0 Å². The highest BCUT2D eigenvalue weighted by Gasteiger charge is 2.12. The number of nitrogens with zero attached hydrogens (tertiary/aromatic N) is 3. The highest BCUT2D eigenvalue weighted by atomic mass is 32.1. The molecule has 0 unspecified atom stereocenters. The van der Waals surface area contributed by atoms with Gasteiger partial charge in [0.2, 0.25) is 5.88 Å². The molecule has 2 heterocycles. The van der Waals surface area contributed by atoms with Crippen LogP contribution in [0.25, 0.3) is 0 Å². The third kappa shape index (κ3) is 3.67. The normalized spacial score (nSPS) is 10.1. The van der Waals surface area contributed by atoms with Crippen molar-refractivity contribution < 1.29 is 9.53 Å². The Hall–Kier alpha value is -2.15.